The molecule has 0 radical (unpaired) electrons. The van der Waals surface area contributed by atoms with Crippen LogP contribution in [-0.4, -0.2) is 51.3 Å². The Morgan fingerprint density at radius 2 is 2.20 bits per heavy atom. The summed E-state index contributed by atoms with van der Waals surface area (Å²) in [4.78, 5) is 4.02. The van der Waals surface area contributed by atoms with Crippen molar-refractivity contribution in [1.29, 1.82) is 0 Å². The molecule has 3 nitrogen and oxygen atoms in total. The highest BCUT2D eigenvalue weighted by Gasteiger charge is 2.34. The van der Waals surface area contributed by atoms with E-state index in [1.165, 1.54) is 17.7 Å². The number of hydrogen-bond donors (Lipinski definition) is 1. The molecule has 2 rings (SSSR count). The third-order valence-corrected chi connectivity index (χ3v) is 5.42. The molecule has 1 aromatic rings. The van der Waals surface area contributed by atoms with Crippen molar-refractivity contribution in [3.8, 4) is 0 Å². The second-order valence-electron chi connectivity index (χ2n) is 6.19. The molecular formula is C16H28N2OS. The van der Waals surface area contributed by atoms with Crippen molar-refractivity contribution in [2.75, 3.05) is 40.4 Å². The van der Waals surface area contributed by atoms with Gasteiger partial charge in [0.2, 0.25) is 0 Å². The first-order valence-electron chi connectivity index (χ1n) is 7.60. The van der Waals surface area contributed by atoms with Crippen molar-refractivity contribution in [2.45, 2.75) is 32.2 Å². The van der Waals surface area contributed by atoms with Gasteiger partial charge in [0.1, 0.15) is 0 Å². The minimum atomic E-state index is 0.380. The summed E-state index contributed by atoms with van der Waals surface area (Å²) in [5.74, 6) is 0. The highest BCUT2D eigenvalue weighted by Crippen LogP contribution is 2.31. The van der Waals surface area contributed by atoms with Crippen LogP contribution in [0.3, 0.4) is 0 Å². The van der Waals surface area contributed by atoms with Crippen LogP contribution in [0.4, 0.5) is 0 Å². The first-order chi connectivity index (χ1) is 9.65. The SMILES string of the molecule is CNCC1(CN(C)C(C)Cc2cccs2)CCOCC1. The van der Waals surface area contributed by atoms with Crippen molar-refractivity contribution in [3.05, 3.63) is 22.4 Å². The zero-order chi connectivity index (χ0) is 14.4. The number of ether oxygens (including phenoxy) is 1. The second kappa shape index (κ2) is 7.55. The van der Waals surface area contributed by atoms with Crippen LogP contribution in [0.25, 0.3) is 0 Å². The Balaban J connectivity index is 1.91. The van der Waals surface area contributed by atoms with E-state index >= 15 is 0 Å². The fourth-order valence-electron chi connectivity index (χ4n) is 3.13. The number of thiophene rings is 1. The Bertz CT molecular complexity index is 368. The number of nitrogens with zero attached hydrogens (tertiary/aromatic N) is 1. The van der Waals surface area contributed by atoms with Crippen molar-refractivity contribution >= 4 is 11.3 Å². The van der Waals surface area contributed by atoms with Crippen molar-refractivity contribution in [1.82, 2.24) is 10.2 Å². The molecule has 4 heteroatoms. The van der Waals surface area contributed by atoms with Crippen molar-refractivity contribution in [3.63, 3.8) is 0 Å². The van der Waals surface area contributed by atoms with E-state index in [-0.39, 0.29) is 0 Å². The smallest absolute Gasteiger partial charge is 0.0472 e. The lowest BCUT2D eigenvalue weighted by Crippen LogP contribution is -2.48. The molecular weight excluding hydrogens is 268 g/mol. The van der Waals surface area contributed by atoms with E-state index in [9.17, 15) is 0 Å². The normalized spacial score (nSPS) is 20.2. The molecule has 0 aromatic carbocycles. The Kier molecular flexibility index (Phi) is 6.02. The molecule has 1 saturated heterocycles. The third-order valence-electron chi connectivity index (χ3n) is 4.52. The average molecular weight is 296 g/mol. The van der Waals surface area contributed by atoms with E-state index in [4.69, 9.17) is 4.74 Å². The van der Waals surface area contributed by atoms with Crippen molar-refractivity contribution in [2.24, 2.45) is 5.41 Å². The lowest BCUT2D eigenvalue weighted by Gasteiger charge is -2.41. The molecule has 1 N–H and O–H groups in total. The molecule has 0 aliphatic carbocycles. The van der Waals surface area contributed by atoms with Gasteiger partial charge in [-0.1, -0.05) is 6.07 Å². The maximum atomic E-state index is 5.55. The minimum Gasteiger partial charge on any atom is -0.381 e. The molecule has 1 unspecified atom stereocenters. The zero-order valence-corrected chi connectivity index (χ0v) is 13.8. The van der Waals surface area contributed by atoms with Gasteiger partial charge in [-0.2, -0.15) is 0 Å². The molecule has 0 amide bonds. The fourth-order valence-corrected chi connectivity index (χ4v) is 3.96. The Morgan fingerprint density at radius 1 is 1.45 bits per heavy atom. The average Bonchev–Trinajstić information content (AvgIpc) is 2.92. The highest BCUT2D eigenvalue weighted by molar-refractivity contribution is 7.09. The van der Waals surface area contributed by atoms with Crippen LogP contribution in [0.2, 0.25) is 0 Å². The Hall–Kier alpha value is -0.420. The second-order valence-corrected chi connectivity index (χ2v) is 7.22. The quantitative estimate of drug-likeness (QED) is 0.837. The predicted octanol–water partition coefficient (Wildman–Crippen LogP) is 2.63. The molecule has 1 aliphatic heterocycles. The van der Waals surface area contributed by atoms with Gasteiger partial charge in [-0.3, -0.25) is 0 Å². The zero-order valence-electron chi connectivity index (χ0n) is 13.0. The van der Waals surface area contributed by atoms with E-state index in [1.54, 1.807) is 0 Å². The molecule has 0 spiro atoms. The van der Waals surface area contributed by atoms with E-state index in [2.05, 4.69) is 48.7 Å². The number of hydrogen-bond acceptors (Lipinski definition) is 4. The summed E-state index contributed by atoms with van der Waals surface area (Å²) in [6, 6.07) is 4.98. The number of likely N-dealkylation sites (N-methyl/N-ethyl adjacent to an activating group) is 1. The van der Waals surface area contributed by atoms with E-state index in [0.717, 1.165) is 32.7 Å². The molecule has 20 heavy (non-hydrogen) atoms. The summed E-state index contributed by atoms with van der Waals surface area (Å²) >= 11 is 1.87. The monoisotopic (exact) mass is 296 g/mol. The molecule has 0 saturated carbocycles. The van der Waals surface area contributed by atoms with Crippen LogP contribution in [0.15, 0.2) is 17.5 Å². The summed E-state index contributed by atoms with van der Waals surface area (Å²) in [5.41, 5.74) is 0.380. The summed E-state index contributed by atoms with van der Waals surface area (Å²) in [6.45, 7) is 6.41. The summed E-state index contributed by atoms with van der Waals surface area (Å²) in [6.07, 6.45) is 3.49. The predicted molar refractivity (Wildman–Crippen MR) is 86.5 cm³/mol. The first kappa shape index (κ1) is 16.0. The lowest BCUT2D eigenvalue weighted by atomic mass is 9.79. The maximum absolute atomic E-state index is 5.55. The van der Waals surface area contributed by atoms with Crippen LogP contribution in [0.5, 0.6) is 0 Å². The Morgan fingerprint density at radius 3 is 2.80 bits per heavy atom. The van der Waals surface area contributed by atoms with Gasteiger partial charge in [0.05, 0.1) is 0 Å². The summed E-state index contributed by atoms with van der Waals surface area (Å²) in [7, 11) is 4.33. The van der Waals surface area contributed by atoms with Crippen LogP contribution in [0.1, 0.15) is 24.6 Å². The molecule has 0 bridgehead atoms. The van der Waals surface area contributed by atoms with Gasteiger partial charge in [0.15, 0.2) is 0 Å². The van der Waals surface area contributed by atoms with Gasteiger partial charge in [-0.15, -0.1) is 11.3 Å². The number of rotatable bonds is 7. The van der Waals surface area contributed by atoms with Crippen LogP contribution in [-0.2, 0) is 11.2 Å². The molecule has 1 fully saturated rings. The highest BCUT2D eigenvalue weighted by atomic mass is 32.1. The molecule has 1 aliphatic rings. The maximum Gasteiger partial charge on any atom is 0.0472 e. The summed E-state index contributed by atoms with van der Waals surface area (Å²) < 4.78 is 5.55. The largest absolute Gasteiger partial charge is 0.381 e. The Labute approximate surface area is 127 Å². The van der Waals surface area contributed by atoms with Gasteiger partial charge in [-0.05, 0) is 57.1 Å². The summed E-state index contributed by atoms with van der Waals surface area (Å²) in [5, 5.41) is 5.56. The van der Waals surface area contributed by atoms with Gasteiger partial charge < -0.3 is 15.0 Å². The van der Waals surface area contributed by atoms with Crippen LogP contribution >= 0.6 is 11.3 Å². The molecule has 2 heterocycles. The molecule has 1 atom stereocenters. The fraction of sp³-hybridized carbons (Fsp3) is 0.750. The van der Waals surface area contributed by atoms with E-state index < -0.39 is 0 Å². The third kappa shape index (κ3) is 4.29. The topological polar surface area (TPSA) is 24.5 Å². The lowest BCUT2D eigenvalue weighted by molar-refractivity contribution is -0.00468. The van der Waals surface area contributed by atoms with Gasteiger partial charge in [-0.25, -0.2) is 0 Å². The van der Waals surface area contributed by atoms with Gasteiger partial charge in [0, 0.05) is 37.2 Å². The van der Waals surface area contributed by atoms with E-state index in [0.29, 0.717) is 11.5 Å². The minimum absolute atomic E-state index is 0.380. The van der Waals surface area contributed by atoms with Gasteiger partial charge >= 0.3 is 0 Å². The van der Waals surface area contributed by atoms with Crippen LogP contribution < -0.4 is 5.32 Å². The van der Waals surface area contributed by atoms with E-state index in [1.807, 2.05) is 11.3 Å². The van der Waals surface area contributed by atoms with Crippen molar-refractivity contribution < 1.29 is 4.74 Å². The first-order valence-corrected chi connectivity index (χ1v) is 8.48. The van der Waals surface area contributed by atoms with Crippen LogP contribution in [0, 0.1) is 5.41 Å². The molecule has 1 aromatic heterocycles. The number of nitrogens with one attached hydrogen (secondary N) is 1. The standard InChI is InChI=1S/C16H28N2OS/c1-14(11-15-5-4-10-20-15)18(3)13-16(12-17-2)6-8-19-9-7-16/h4-5,10,14,17H,6-9,11-13H2,1-3H3. The molecule has 114 valence electrons. The van der Waals surface area contributed by atoms with Gasteiger partial charge in [0.25, 0.3) is 0 Å².